The number of Topliss-reactive ketones (excluding diaryl/α,β-unsaturated/α-hetero) is 1. The average Bonchev–Trinajstić information content (AvgIpc) is 3.38. The van der Waals surface area contributed by atoms with Crippen LogP contribution >= 0.6 is 27.3 Å². The van der Waals surface area contributed by atoms with Gasteiger partial charge in [-0.05, 0) is 58.2 Å². The van der Waals surface area contributed by atoms with Gasteiger partial charge >= 0.3 is 5.91 Å². The van der Waals surface area contributed by atoms with Crippen LogP contribution in [0.25, 0.3) is 16.0 Å². The van der Waals surface area contributed by atoms with Crippen molar-refractivity contribution in [3.63, 3.8) is 0 Å². The average molecular weight is 551 g/mol. The maximum atomic E-state index is 13.4. The first kappa shape index (κ1) is 23.1. The van der Waals surface area contributed by atoms with E-state index in [4.69, 9.17) is 4.74 Å². The second-order valence-electron chi connectivity index (χ2n) is 8.06. The van der Waals surface area contributed by atoms with Crippen molar-refractivity contribution in [3.05, 3.63) is 87.4 Å². The zero-order valence-corrected chi connectivity index (χ0v) is 21.1. The van der Waals surface area contributed by atoms with Gasteiger partial charge in [-0.15, -0.1) is 0 Å². The van der Waals surface area contributed by atoms with Gasteiger partial charge in [0, 0.05) is 5.56 Å². The van der Waals surface area contributed by atoms with E-state index in [2.05, 4.69) is 20.9 Å². The molecular formula is C26H19BrN2O5S. The van der Waals surface area contributed by atoms with E-state index in [1.807, 2.05) is 25.1 Å². The minimum absolute atomic E-state index is 0.0729. The van der Waals surface area contributed by atoms with Gasteiger partial charge in [0.25, 0.3) is 5.78 Å². The Balaban J connectivity index is 1.78. The number of nitrogens with zero attached hydrogens (tertiary/aromatic N) is 2. The SMILES string of the molecule is COc1cc(C2/C(=C(\O)c3ccccc3)C(=O)C(=O)N2c2nc3ccc(C)cc3s2)cc(Br)c1O. The first-order chi connectivity index (χ1) is 16.8. The van der Waals surface area contributed by atoms with Crippen LogP contribution in [0.2, 0.25) is 0 Å². The van der Waals surface area contributed by atoms with Gasteiger partial charge in [0.2, 0.25) is 0 Å². The van der Waals surface area contributed by atoms with E-state index in [-0.39, 0.29) is 22.8 Å². The second-order valence-corrected chi connectivity index (χ2v) is 9.92. The number of aliphatic hydroxyl groups excluding tert-OH is 1. The molecule has 0 radical (unpaired) electrons. The number of fused-ring (bicyclic) bond motifs is 1. The highest BCUT2D eigenvalue weighted by atomic mass is 79.9. The van der Waals surface area contributed by atoms with E-state index in [1.165, 1.54) is 23.3 Å². The highest BCUT2D eigenvalue weighted by molar-refractivity contribution is 9.10. The normalized spacial score (nSPS) is 17.3. The number of aryl methyl sites for hydroxylation is 1. The summed E-state index contributed by atoms with van der Waals surface area (Å²) in [4.78, 5) is 32.7. The van der Waals surface area contributed by atoms with Crippen LogP contribution in [0.4, 0.5) is 5.13 Å². The van der Waals surface area contributed by atoms with Crippen molar-refractivity contribution in [2.24, 2.45) is 0 Å². The molecule has 0 spiro atoms. The maximum Gasteiger partial charge on any atom is 0.301 e. The van der Waals surface area contributed by atoms with Crippen molar-refractivity contribution < 1.29 is 24.5 Å². The number of benzene rings is 3. The van der Waals surface area contributed by atoms with Gasteiger partial charge < -0.3 is 14.9 Å². The molecule has 0 saturated carbocycles. The fourth-order valence-electron chi connectivity index (χ4n) is 4.13. The summed E-state index contributed by atoms with van der Waals surface area (Å²) in [5.74, 6) is -1.88. The van der Waals surface area contributed by atoms with Gasteiger partial charge in [0.15, 0.2) is 16.6 Å². The maximum absolute atomic E-state index is 13.4. The lowest BCUT2D eigenvalue weighted by atomic mass is 9.95. The number of anilines is 1. The smallest absolute Gasteiger partial charge is 0.301 e. The molecule has 1 saturated heterocycles. The van der Waals surface area contributed by atoms with E-state index in [1.54, 1.807) is 42.5 Å². The van der Waals surface area contributed by atoms with Crippen molar-refractivity contribution in [1.29, 1.82) is 0 Å². The molecule has 1 atom stereocenters. The van der Waals surface area contributed by atoms with E-state index in [0.717, 1.165) is 10.3 Å². The van der Waals surface area contributed by atoms with Crippen molar-refractivity contribution in [2.45, 2.75) is 13.0 Å². The summed E-state index contributed by atoms with van der Waals surface area (Å²) in [7, 11) is 1.40. The molecule has 1 aliphatic rings. The van der Waals surface area contributed by atoms with Gasteiger partial charge in [-0.25, -0.2) is 4.98 Å². The topological polar surface area (TPSA) is 100.0 Å². The van der Waals surface area contributed by atoms with Crippen LogP contribution < -0.4 is 9.64 Å². The molecule has 3 aromatic carbocycles. The lowest BCUT2D eigenvalue weighted by molar-refractivity contribution is -0.132. The predicted molar refractivity (Wildman–Crippen MR) is 138 cm³/mol. The van der Waals surface area contributed by atoms with Gasteiger partial charge in [-0.1, -0.05) is 47.7 Å². The van der Waals surface area contributed by atoms with Crippen molar-refractivity contribution in [2.75, 3.05) is 12.0 Å². The van der Waals surface area contributed by atoms with Crippen molar-refractivity contribution in [3.8, 4) is 11.5 Å². The van der Waals surface area contributed by atoms with E-state index in [0.29, 0.717) is 26.2 Å². The molecule has 2 heterocycles. The Morgan fingerprint density at radius 1 is 1.11 bits per heavy atom. The number of phenols is 1. The minimum Gasteiger partial charge on any atom is -0.507 e. The molecule has 1 amide bonds. The molecule has 9 heteroatoms. The Morgan fingerprint density at radius 2 is 1.86 bits per heavy atom. The van der Waals surface area contributed by atoms with Crippen LogP contribution in [0.15, 0.2) is 70.7 Å². The molecule has 0 aliphatic carbocycles. The third kappa shape index (κ3) is 3.86. The Bertz CT molecular complexity index is 1530. The van der Waals surface area contributed by atoms with Gasteiger partial charge in [0.1, 0.15) is 5.76 Å². The van der Waals surface area contributed by atoms with E-state index < -0.39 is 17.7 Å². The monoisotopic (exact) mass is 550 g/mol. The lowest BCUT2D eigenvalue weighted by Gasteiger charge is -2.24. The number of ketones is 1. The Morgan fingerprint density at radius 3 is 2.57 bits per heavy atom. The summed E-state index contributed by atoms with van der Waals surface area (Å²) in [5, 5.41) is 21.9. The third-order valence-corrected chi connectivity index (χ3v) is 7.44. The number of hydrogen-bond donors (Lipinski definition) is 2. The van der Waals surface area contributed by atoms with Crippen LogP contribution in [-0.4, -0.2) is 34.0 Å². The number of phenolic OH excluding ortho intramolecular Hbond substituents is 1. The number of amides is 1. The number of hydrogen-bond acceptors (Lipinski definition) is 7. The fraction of sp³-hybridized carbons (Fsp3) is 0.115. The highest BCUT2D eigenvalue weighted by Crippen LogP contribution is 2.47. The number of ether oxygens (including phenoxy) is 1. The Hall–Kier alpha value is -3.69. The third-order valence-electron chi connectivity index (χ3n) is 5.82. The van der Waals surface area contributed by atoms with Crippen molar-refractivity contribution in [1.82, 2.24) is 4.98 Å². The molecule has 35 heavy (non-hydrogen) atoms. The number of rotatable bonds is 4. The standard InChI is InChI=1S/C26H19BrN2O5S/c1-13-8-9-17-19(10-13)35-26(28-17)29-21(15-11-16(27)23(31)18(12-15)34-2)20(24(32)25(29)33)22(30)14-6-4-3-5-7-14/h3-12,21,30-31H,1-2H3/b22-20+. The number of aliphatic hydroxyl groups is 1. The summed E-state index contributed by atoms with van der Waals surface area (Å²) >= 11 is 4.60. The first-order valence-corrected chi connectivity index (χ1v) is 12.2. The first-order valence-electron chi connectivity index (χ1n) is 10.6. The molecule has 4 aromatic rings. The zero-order chi connectivity index (χ0) is 24.9. The quantitative estimate of drug-likeness (QED) is 0.192. The number of thiazole rings is 1. The molecule has 1 unspecified atom stereocenters. The Kier molecular flexibility index (Phi) is 5.82. The van der Waals surface area contributed by atoms with Gasteiger partial charge in [-0.2, -0.15) is 0 Å². The second kappa shape index (κ2) is 8.83. The molecule has 7 nitrogen and oxygen atoms in total. The van der Waals surface area contributed by atoms with Crippen LogP contribution in [0.3, 0.4) is 0 Å². The van der Waals surface area contributed by atoms with Crippen LogP contribution in [0.1, 0.15) is 22.7 Å². The molecule has 1 aliphatic heterocycles. The van der Waals surface area contributed by atoms with E-state index >= 15 is 0 Å². The summed E-state index contributed by atoms with van der Waals surface area (Å²) in [5.41, 5.74) is 2.53. The number of carbonyl (C=O) groups is 2. The summed E-state index contributed by atoms with van der Waals surface area (Å²) in [6, 6.07) is 16.5. The van der Waals surface area contributed by atoms with Gasteiger partial charge in [-0.3, -0.25) is 14.5 Å². The van der Waals surface area contributed by atoms with Crippen molar-refractivity contribution >= 4 is 60.1 Å². The molecule has 1 aromatic heterocycles. The zero-order valence-electron chi connectivity index (χ0n) is 18.7. The predicted octanol–water partition coefficient (Wildman–Crippen LogP) is 5.71. The number of methoxy groups -OCH3 is 1. The fourth-order valence-corrected chi connectivity index (χ4v) is 5.68. The number of halogens is 1. The molecule has 1 fully saturated rings. The van der Waals surface area contributed by atoms with Crippen LogP contribution in [0, 0.1) is 6.92 Å². The van der Waals surface area contributed by atoms with Crippen LogP contribution in [0.5, 0.6) is 11.5 Å². The Labute approximate surface area is 213 Å². The summed E-state index contributed by atoms with van der Waals surface area (Å²) in [6.45, 7) is 1.96. The minimum atomic E-state index is -0.998. The molecule has 2 N–H and O–H groups in total. The largest absolute Gasteiger partial charge is 0.507 e. The molecule has 5 rings (SSSR count). The highest BCUT2D eigenvalue weighted by Gasteiger charge is 2.48. The number of carbonyl (C=O) groups excluding carboxylic acids is 2. The summed E-state index contributed by atoms with van der Waals surface area (Å²) in [6.07, 6.45) is 0. The molecule has 176 valence electrons. The molecular weight excluding hydrogens is 532 g/mol. The van der Waals surface area contributed by atoms with Crippen LogP contribution in [-0.2, 0) is 9.59 Å². The molecule has 0 bridgehead atoms. The van der Waals surface area contributed by atoms with Gasteiger partial charge in [0.05, 0.1) is 33.4 Å². The number of aromatic hydroxyl groups is 1. The van der Waals surface area contributed by atoms with E-state index in [9.17, 15) is 19.8 Å². The lowest BCUT2D eigenvalue weighted by Crippen LogP contribution is -2.29. The summed E-state index contributed by atoms with van der Waals surface area (Å²) < 4.78 is 6.49. The number of aromatic nitrogens is 1.